The second-order valence-corrected chi connectivity index (χ2v) is 10.3. The van der Waals surface area contributed by atoms with E-state index in [0.29, 0.717) is 0 Å². The average molecular weight is 609 g/mol. The average Bonchev–Trinajstić information content (AvgIpc) is 3.48. The minimum absolute atomic E-state index is 0.00498. The number of amides is 1. The van der Waals surface area contributed by atoms with Gasteiger partial charge in [0.1, 0.15) is 11.8 Å². The smallest absolute Gasteiger partial charge is 0.337 e. The number of carbonyl (C=O) groups excluding carboxylic acids is 1. The van der Waals surface area contributed by atoms with Crippen LogP contribution in [0.1, 0.15) is 29.3 Å². The fourth-order valence-electron chi connectivity index (χ4n) is 5.40. The lowest BCUT2D eigenvalue weighted by Gasteiger charge is -2.37. The van der Waals surface area contributed by atoms with Crippen LogP contribution in [-0.2, 0) is 24.7 Å². The molecule has 1 aliphatic rings. The fraction of sp³-hybridized carbons (Fsp3) is 0.242. The normalized spacial score (nSPS) is 18.0. The van der Waals surface area contributed by atoms with E-state index in [1.54, 1.807) is 0 Å². The maximum atomic E-state index is 13.4. The number of azide groups is 1. The van der Waals surface area contributed by atoms with Crippen molar-refractivity contribution in [2.75, 3.05) is 20.8 Å². The summed E-state index contributed by atoms with van der Waals surface area (Å²) >= 11 is 0. The van der Waals surface area contributed by atoms with Crippen molar-refractivity contribution in [1.82, 2.24) is 14.2 Å². The van der Waals surface area contributed by atoms with E-state index in [1.807, 2.05) is 91.0 Å². The van der Waals surface area contributed by atoms with Crippen LogP contribution in [0.4, 0.5) is 0 Å². The van der Waals surface area contributed by atoms with Crippen LogP contribution in [-0.4, -0.2) is 53.0 Å². The number of likely N-dealkylation sites (N-methyl/N-ethyl adjacent to an activating group) is 1. The highest BCUT2D eigenvalue weighted by molar-refractivity contribution is 5.89. The molecule has 3 atom stereocenters. The quantitative estimate of drug-likeness (QED) is 0.0614. The van der Waals surface area contributed by atoms with Crippen molar-refractivity contribution >= 4 is 12.1 Å². The standard InChI is InChI=1S/C33H32N6O6/c1-37(43-2)29(40)18-20-38-30(41)19-21-39(32(38)42)31-22-27(35-36-34)28(45-31)23-44-33(24-12-6-3-7-13-24,25-14-8-4-9-15-25)26-16-10-5-11-17-26/h3-21,27-28,31H,22-23H2,1-2H3/b20-18+/t27-,28+,31+/m0/s1. The number of benzene rings is 3. The van der Waals surface area contributed by atoms with Gasteiger partial charge in [-0.15, -0.1) is 0 Å². The molecule has 0 spiro atoms. The molecule has 1 saturated heterocycles. The molecule has 0 unspecified atom stereocenters. The largest absolute Gasteiger partial charge is 0.358 e. The molecule has 0 radical (unpaired) electrons. The number of nitrogens with zero attached hydrogens (tertiary/aromatic N) is 6. The predicted octanol–water partition coefficient (Wildman–Crippen LogP) is 4.48. The van der Waals surface area contributed by atoms with E-state index in [2.05, 4.69) is 10.0 Å². The van der Waals surface area contributed by atoms with Crippen LogP contribution in [0.15, 0.2) is 124 Å². The van der Waals surface area contributed by atoms with Gasteiger partial charge >= 0.3 is 5.69 Å². The molecule has 1 fully saturated rings. The SMILES string of the molecule is CON(C)C(=O)/C=C/n1c(=O)ccn([C@H]2C[C@H](N=[N+]=[N-])[C@@H](COC(c3ccccc3)(c3ccccc3)c3ccccc3)O2)c1=O. The summed E-state index contributed by atoms with van der Waals surface area (Å²) in [5, 5.41) is 4.91. The zero-order valence-electron chi connectivity index (χ0n) is 24.7. The minimum atomic E-state index is -1.04. The molecule has 12 heteroatoms. The molecular formula is C33H32N6O6. The highest BCUT2D eigenvalue weighted by Crippen LogP contribution is 2.41. The van der Waals surface area contributed by atoms with Gasteiger partial charge in [-0.3, -0.25) is 19.0 Å². The summed E-state index contributed by atoms with van der Waals surface area (Å²) in [7, 11) is 2.71. The number of carbonyl (C=O) groups is 1. The van der Waals surface area contributed by atoms with Gasteiger partial charge in [0.15, 0.2) is 0 Å². The van der Waals surface area contributed by atoms with Crippen molar-refractivity contribution < 1.29 is 19.1 Å². The Morgan fingerprint density at radius 3 is 2.07 bits per heavy atom. The maximum Gasteiger partial charge on any atom is 0.337 e. The summed E-state index contributed by atoms with van der Waals surface area (Å²) in [6.45, 7) is 0.00498. The molecule has 1 aromatic heterocycles. The highest BCUT2D eigenvalue weighted by Gasteiger charge is 2.42. The van der Waals surface area contributed by atoms with E-state index in [-0.39, 0.29) is 13.0 Å². The number of aromatic nitrogens is 2. The number of hydrogen-bond acceptors (Lipinski definition) is 7. The molecule has 0 N–H and O–H groups in total. The lowest BCUT2D eigenvalue weighted by Crippen LogP contribution is -2.39. The molecule has 45 heavy (non-hydrogen) atoms. The molecule has 0 saturated carbocycles. The Balaban J connectivity index is 1.49. The third-order valence-electron chi connectivity index (χ3n) is 7.71. The van der Waals surface area contributed by atoms with Gasteiger partial charge in [0.05, 0.1) is 25.9 Å². The first-order valence-corrected chi connectivity index (χ1v) is 14.2. The van der Waals surface area contributed by atoms with Crippen molar-refractivity contribution in [3.63, 3.8) is 0 Å². The number of ether oxygens (including phenoxy) is 2. The molecule has 2 heterocycles. The van der Waals surface area contributed by atoms with Crippen LogP contribution < -0.4 is 11.2 Å². The van der Waals surface area contributed by atoms with E-state index >= 15 is 0 Å². The van der Waals surface area contributed by atoms with Crippen LogP contribution in [0, 0.1) is 0 Å². The zero-order chi connectivity index (χ0) is 31.8. The van der Waals surface area contributed by atoms with Gasteiger partial charge in [-0.2, -0.15) is 0 Å². The fourth-order valence-corrected chi connectivity index (χ4v) is 5.40. The summed E-state index contributed by atoms with van der Waals surface area (Å²) in [4.78, 5) is 45.9. The molecule has 1 aliphatic heterocycles. The minimum Gasteiger partial charge on any atom is -0.358 e. The van der Waals surface area contributed by atoms with Crippen LogP contribution in [0.5, 0.6) is 0 Å². The Bertz CT molecular complexity index is 1710. The molecule has 1 amide bonds. The summed E-state index contributed by atoms with van der Waals surface area (Å²) < 4.78 is 15.2. The van der Waals surface area contributed by atoms with Crippen molar-refractivity contribution in [1.29, 1.82) is 0 Å². The lowest BCUT2D eigenvalue weighted by molar-refractivity contribution is -0.162. The first-order chi connectivity index (χ1) is 21.9. The van der Waals surface area contributed by atoms with Gasteiger partial charge in [0, 0.05) is 42.9 Å². The van der Waals surface area contributed by atoms with E-state index < -0.39 is 41.1 Å². The van der Waals surface area contributed by atoms with Gasteiger partial charge in [-0.05, 0) is 22.2 Å². The van der Waals surface area contributed by atoms with Crippen molar-refractivity contribution in [2.45, 2.75) is 30.4 Å². The third kappa shape index (κ3) is 6.49. The van der Waals surface area contributed by atoms with Gasteiger partial charge in [0.25, 0.3) is 11.5 Å². The molecule has 230 valence electrons. The lowest BCUT2D eigenvalue weighted by atomic mass is 9.80. The molecule has 0 aliphatic carbocycles. The van der Waals surface area contributed by atoms with Crippen LogP contribution in [0.3, 0.4) is 0 Å². The molecule has 3 aromatic carbocycles. The topological polar surface area (TPSA) is 141 Å². The Morgan fingerprint density at radius 2 is 1.56 bits per heavy atom. The van der Waals surface area contributed by atoms with E-state index in [1.165, 1.54) is 31.0 Å². The zero-order valence-corrected chi connectivity index (χ0v) is 24.7. The van der Waals surface area contributed by atoms with E-state index in [0.717, 1.165) is 38.6 Å². The monoisotopic (exact) mass is 608 g/mol. The summed E-state index contributed by atoms with van der Waals surface area (Å²) in [5.74, 6) is -0.573. The Morgan fingerprint density at radius 1 is 1.00 bits per heavy atom. The Labute approximate surface area is 258 Å². The number of rotatable bonds is 11. The second-order valence-electron chi connectivity index (χ2n) is 10.3. The van der Waals surface area contributed by atoms with Gasteiger partial charge in [-0.25, -0.2) is 14.4 Å². The first kappa shape index (κ1) is 31.2. The highest BCUT2D eigenvalue weighted by atomic mass is 16.7. The van der Waals surface area contributed by atoms with Crippen LogP contribution in [0.25, 0.3) is 16.6 Å². The van der Waals surface area contributed by atoms with Crippen LogP contribution in [0.2, 0.25) is 0 Å². The van der Waals surface area contributed by atoms with Crippen LogP contribution >= 0.6 is 0 Å². The van der Waals surface area contributed by atoms with Crippen molar-refractivity contribution in [2.24, 2.45) is 5.11 Å². The Kier molecular flexibility index (Phi) is 9.71. The van der Waals surface area contributed by atoms with Gasteiger partial charge in [-0.1, -0.05) is 96.1 Å². The van der Waals surface area contributed by atoms with Crippen molar-refractivity contribution in [3.05, 3.63) is 157 Å². The molecule has 4 aromatic rings. The predicted molar refractivity (Wildman–Crippen MR) is 167 cm³/mol. The van der Waals surface area contributed by atoms with Gasteiger partial charge in [0.2, 0.25) is 0 Å². The molecule has 5 rings (SSSR count). The molecular weight excluding hydrogens is 576 g/mol. The number of hydroxylamine groups is 2. The Hall–Kier alpha value is -5.26. The maximum absolute atomic E-state index is 13.4. The van der Waals surface area contributed by atoms with Gasteiger partial charge < -0.3 is 9.47 Å². The van der Waals surface area contributed by atoms with E-state index in [4.69, 9.17) is 14.3 Å². The summed E-state index contributed by atoms with van der Waals surface area (Å²) in [6, 6.07) is 30.0. The first-order valence-electron chi connectivity index (χ1n) is 14.2. The number of hydrogen-bond donors (Lipinski definition) is 0. The molecule has 0 bridgehead atoms. The van der Waals surface area contributed by atoms with E-state index in [9.17, 15) is 19.9 Å². The second kappa shape index (κ2) is 14.0. The molecule has 12 nitrogen and oxygen atoms in total. The third-order valence-corrected chi connectivity index (χ3v) is 7.71. The summed E-state index contributed by atoms with van der Waals surface area (Å²) in [6.07, 6.45) is 1.98. The summed E-state index contributed by atoms with van der Waals surface area (Å²) in [5.41, 5.74) is 9.64. The van der Waals surface area contributed by atoms with Crippen molar-refractivity contribution in [3.8, 4) is 0 Å².